The number of anilines is 1. The summed E-state index contributed by atoms with van der Waals surface area (Å²) < 4.78 is 0. The van der Waals surface area contributed by atoms with Crippen LogP contribution in [0.2, 0.25) is 0 Å². The van der Waals surface area contributed by atoms with Crippen LogP contribution in [0.25, 0.3) is 0 Å². The Kier molecular flexibility index (Phi) is 5.77. The summed E-state index contributed by atoms with van der Waals surface area (Å²) in [6.07, 6.45) is 3.89. The van der Waals surface area contributed by atoms with Crippen LogP contribution in [0.15, 0.2) is 35.8 Å². The van der Waals surface area contributed by atoms with Crippen molar-refractivity contribution in [2.24, 2.45) is 0 Å². The third-order valence-electron chi connectivity index (χ3n) is 4.33. The first-order valence-electron chi connectivity index (χ1n) is 8.24. The molecule has 1 aliphatic heterocycles. The molecule has 1 amide bonds. The summed E-state index contributed by atoms with van der Waals surface area (Å²) in [7, 11) is 2.02. The topological polar surface area (TPSA) is 61.4 Å². The van der Waals surface area contributed by atoms with Gasteiger partial charge in [0.25, 0.3) is 0 Å². The van der Waals surface area contributed by atoms with E-state index < -0.39 is 0 Å². The van der Waals surface area contributed by atoms with Gasteiger partial charge in [-0.2, -0.15) is 5.10 Å². The molecule has 128 valence electrons. The molecule has 24 heavy (non-hydrogen) atoms. The minimum Gasteiger partial charge on any atom is -0.354 e. The number of carbonyl (C=O) groups excluding carboxylic acids is 1. The van der Waals surface area contributed by atoms with Crippen LogP contribution in [-0.2, 0) is 11.3 Å². The first-order chi connectivity index (χ1) is 11.7. The molecule has 2 aromatic rings. The number of aromatic nitrogens is 2. The molecule has 2 aromatic heterocycles. The van der Waals surface area contributed by atoms with Crippen molar-refractivity contribution in [2.75, 3.05) is 31.6 Å². The monoisotopic (exact) mass is 345 g/mol. The maximum atomic E-state index is 12.2. The van der Waals surface area contributed by atoms with E-state index in [1.165, 1.54) is 4.88 Å². The van der Waals surface area contributed by atoms with Crippen LogP contribution in [-0.4, -0.2) is 53.7 Å². The summed E-state index contributed by atoms with van der Waals surface area (Å²) in [6, 6.07) is 8.29. The van der Waals surface area contributed by atoms with Gasteiger partial charge in [-0.25, -0.2) is 0 Å². The fourth-order valence-electron chi connectivity index (χ4n) is 3.00. The van der Waals surface area contributed by atoms with Gasteiger partial charge in [-0.1, -0.05) is 6.07 Å². The normalized spacial score (nSPS) is 17.9. The van der Waals surface area contributed by atoms with Crippen molar-refractivity contribution in [3.63, 3.8) is 0 Å². The van der Waals surface area contributed by atoms with Crippen LogP contribution >= 0.6 is 11.3 Å². The van der Waals surface area contributed by atoms with Crippen LogP contribution in [0.1, 0.15) is 17.7 Å². The molecule has 1 fully saturated rings. The molecule has 1 aliphatic rings. The van der Waals surface area contributed by atoms with Crippen LogP contribution in [0.5, 0.6) is 0 Å². The molecule has 0 saturated carbocycles. The van der Waals surface area contributed by atoms with E-state index in [1.807, 2.05) is 36.7 Å². The molecule has 0 unspecified atom stereocenters. The van der Waals surface area contributed by atoms with E-state index in [0.717, 1.165) is 31.7 Å². The number of rotatable bonds is 6. The highest BCUT2D eigenvalue weighted by Crippen LogP contribution is 2.19. The van der Waals surface area contributed by atoms with Crippen molar-refractivity contribution >= 4 is 23.1 Å². The van der Waals surface area contributed by atoms with Crippen molar-refractivity contribution in [3.8, 4) is 0 Å². The molecule has 1 atom stereocenters. The van der Waals surface area contributed by atoms with E-state index in [0.29, 0.717) is 19.1 Å². The SMILES string of the molecule is CN(CC(=O)NCc1cccs1)[C@H]1CCCN(c2cccnn2)C1. The number of nitrogens with one attached hydrogen (secondary N) is 1. The lowest BCUT2D eigenvalue weighted by atomic mass is 10.0. The molecule has 7 heteroatoms. The van der Waals surface area contributed by atoms with Gasteiger partial charge in [-0.15, -0.1) is 16.4 Å². The first kappa shape index (κ1) is 16.9. The molecule has 6 nitrogen and oxygen atoms in total. The summed E-state index contributed by atoms with van der Waals surface area (Å²) in [5, 5.41) is 13.2. The van der Waals surface area contributed by atoms with Crippen molar-refractivity contribution in [1.82, 2.24) is 20.4 Å². The predicted octanol–water partition coefficient (Wildman–Crippen LogP) is 1.76. The third kappa shape index (κ3) is 4.52. The number of hydrogen-bond acceptors (Lipinski definition) is 6. The van der Waals surface area contributed by atoms with Crippen LogP contribution in [0.3, 0.4) is 0 Å². The Morgan fingerprint density at radius 2 is 2.38 bits per heavy atom. The second kappa shape index (κ2) is 8.21. The standard InChI is InChI=1S/C17H23N5OS/c1-21(13-17(23)18-11-15-6-4-10-24-15)14-5-3-9-22(12-14)16-7-2-8-19-20-16/h2,4,6-8,10,14H,3,5,9,11-13H2,1H3,(H,18,23)/t14-/m0/s1. The molecule has 0 aliphatic carbocycles. The maximum absolute atomic E-state index is 12.2. The van der Waals surface area contributed by atoms with Crippen molar-refractivity contribution in [3.05, 3.63) is 40.7 Å². The predicted molar refractivity (Wildman–Crippen MR) is 96.1 cm³/mol. The van der Waals surface area contributed by atoms with Crippen LogP contribution < -0.4 is 10.2 Å². The highest BCUT2D eigenvalue weighted by molar-refractivity contribution is 7.09. The zero-order valence-electron chi connectivity index (χ0n) is 13.9. The summed E-state index contributed by atoms with van der Waals surface area (Å²) in [5.74, 6) is 0.986. The van der Waals surface area contributed by atoms with E-state index in [2.05, 4.69) is 25.3 Å². The summed E-state index contributed by atoms with van der Waals surface area (Å²) >= 11 is 1.66. The smallest absolute Gasteiger partial charge is 0.234 e. The van der Waals surface area contributed by atoms with Crippen molar-refractivity contribution < 1.29 is 4.79 Å². The van der Waals surface area contributed by atoms with Gasteiger partial charge in [-0.3, -0.25) is 9.69 Å². The van der Waals surface area contributed by atoms with E-state index in [4.69, 9.17) is 0 Å². The molecular weight excluding hydrogens is 322 g/mol. The number of thiophene rings is 1. The Hall–Kier alpha value is -1.99. The Morgan fingerprint density at radius 3 is 3.12 bits per heavy atom. The van der Waals surface area contributed by atoms with Gasteiger partial charge < -0.3 is 10.2 Å². The Bertz CT molecular complexity index is 634. The number of hydrogen-bond donors (Lipinski definition) is 1. The molecule has 0 aromatic carbocycles. The summed E-state index contributed by atoms with van der Waals surface area (Å²) in [4.78, 5) is 17.7. The van der Waals surface area contributed by atoms with Crippen LogP contribution in [0, 0.1) is 0 Å². The quantitative estimate of drug-likeness (QED) is 0.864. The zero-order chi connectivity index (χ0) is 16.8. The van der Waals surface area contributed by atoms with Crippen molar-refractivity contribution in [1.29, 1.82) is 0 Å². The number of carbonyl (C=O) groups is 1. The third-order valence-corrected chi connectivity index (χ3v) is 5.21. The van der Waals surface area contributed by atoms with E-state index >= 15 is 0 Å². The molecule has 1 N–H and O–H groups in total. The zero-order valence-corrected chi connectivity index (χ0v) is 14.7. The number of nitrogens with zero attached hydrogens (tertiary/aromatic N) is 4. The number of likely N-dealkylation sites (N-methyl/N-ethyl adjacent to an activating group) is 1. The molecular formula is C17H23N5OS. The lowest BCUT2D eigenvalue weighted by Gasteiger charge is -2.37. The van der Waals surface area contributed by atoms with Gasteiger partial charge in [0.2, 0.25) is 5.91 Å². The molecule has 0 spiro atoms. The van der Waals surface area contributed by atoms with Gasteiger partial charge in [0, 0.05) is 30.2 Å². The molecule has 0 radical (unpaired) electrons. The van der Waals surface area contributed by atoms with E-state index in [1.54, 1.807) is 17.5 Å². The summed E-state index contributed by atoms with van der Waals surface area (Å²) in [5.41, 5.74) is 0. The Balaban J connectivity index is 1.49. The first-order valence-corrected chi connectivity index (χ1v) is 9.12. The number of amides is 1. The van der Waals surface area contributed by atoms with Gasteiger partial charge in [0.05, 0.1) is 13.1 Å². The van der Waals surface area contributed by atoms with Gasteiger partial charge in [0.15, 0.2) is 5.82 Å². The minimum absolute atomic E-state index is 0.0718. The van der Waals surface area contributed by atoms with Gasteiger partial charge in [0.1, 0.15) is 0 Å². The Morgan fingerprint density at radius 1 is 1.46 bits per heavy atom. The fourth-order valence-corrected chi connectivity index (χ4v) is 3.64. The average molecular weight is 345 g/mol. The van der Waals surface area contributed by atoms with Crippen LogP contribution in [0.4, 0.5) is 5.82 Å². The molecule has 3 rings (SSSR count). The molecule has 3 heterocycles. The molecule has 0 bridgehead atoms. The number of piperidine rings is 1. The van der Waals surface area contributed by atoms with Crippen molar-refractivity contribution in [2.45, 2.75) is 25.4 Å². The fraction of sp³-hybridized carbons (Fsp3) is 0.471. The van der Waals surface area contributed by atoms with E-state index in [9.17, 15) is 4.79 Å². The average Bonchev–Trinajstić information content (AvgIpc) is 3.14. The molecule has 1 saturated heterocycles. The van der Waals surface area contributed by atoms with Gasteiger partial charge in [-0.05, 0) is 43.5 Å². The largest absolute Gasteiger partial charge is 0.354 e. The van der Waals surface area contributed by atoms with Gasteiger partial charge >= 0.3 is 0 Å². The lowest BCUT2D eigenvalue weighted by Crippen LogP contribution is -2.49. The highest BCUT2D eigenvalue weighted by atomic mass is 32.1. The summed E-state index contributed by atoms with van der Waals surface area (Å²) in [6.45, 7) is 2.91. The second-order valence-electron chi connectivity index (χ2n) is 6.10. The second-order valence-corrected chi connectivity index (χ2v) is 7.13. The highest BCUT2D eigenvalue weighted by Gasteiger charge is 2.25. The Labute approximate surface area is 146 Å². The van der Waals surface area contributed by atoms with E-state index in [-0.39, 0.29) is 5.91 Å². The lowest BCUT2D eigenvalue weighted by molar-refractivity contribution is -0.122. The minimum atomic E-state index is 0.0718. The maximum Gasteiger partial charge on any atom is 0.234 e.